The molecule has 0 atom stereocenters. The molecule has 10 heteroatoms. The number of anilines is 1. The van der Waals surface area contributed by atoms with Crippen LogP contribution >= 0.6 is 11.6 Å². The molecule has 0 aliphatic rings. The minimum absolute atomic E-state index is 0.0340. The summed E-state index contributed by atoms with van der Waals surface area (Å²) in [6.07, 6.45) is -3.34. The van der Waals surface area contributed by atoms with Crippen molar-refractivity contribution in [2.24, 2.45) is 0 Å². The molecule has 0 radical (unpaired) electrons. The van der Waals surface area contributed by atoms with Gasteiger partial charge in [-0.15, -0.1) is 0 Å². The number of hydrogen-bond acceptors (Lipinski definition) is 3. The predicted octanol–water partition coefficient (Wildman–Crippen LogP) is 8.36. The van der Waals surface area contributed by atoms with Gasteiger partial charge in [0.2, 0.25) is 0 Å². The third kappa shape index (κ3) is 5.02. The molecule has 1 N–H and O–H groups in total. The normalized spacial score (nSPS) is 11.8. The smallest absolute Gasteiger partial charge is 0.418 e. The van der Waals surface area contributed by atoms with Crippen molar-refractivity contribution in [3.05, 3.63) is 111 Å². The van der Waals surface area contributed by atoms with Gasteiger partial charge in [0.15, 0.2) is 5.76 Å². The standard InChI is InChI=1S/C29H20ClF5N2O2/c1-2-36-24-10-8-16(11-22(24)29(33,34)35)18-12-25(39-15-18)27-26(30)20-5-3-4-6-21(20)28(38)37(27)14-17-7-9-19(31)13-23(17)32/h3-13,15,36H,2,14H2,1H3. The highest BCUT2D eigenvalue weighted by atomic mass is 35.5. The first-order valence-electron chi connectivity index (χ1n) is 11.9. The first-order valence-corrected chi connectivity index (χ1v) is 12.3. The molecular formula is C29H20ClF5N2O2. The Labute approximate surface area is 224 Å². The van der Waals surface area contributed by atoms with Crippen molar-refractivity contribution in [1.82, 2.24) is 4.57 Å². The van der Waals surface area contributed by atoms with Crippen molar-refractivity contribution in [2.75, 3.05) is 11.9 Å². The Morgan fingerprint density at radius 1 is 0.949 bits per heavy atom. The molecule has 0 saturated carbocycles. The van der Waals surface area contributed by atoms with Gasteiger partial charge in [-0.1, -0.05) is 41.9 Å². The van der Waals surface area contributed by atoms with Crippen LogP contribution in [0.1, 0.15) is 18.1 Å². The van der Waals surface area contributed by atoms with Gasteiger partial charge in [0.25, 0.3) is 5.56 Å². The maximum atomic E-state index is 14.6. The number of halogens is 6. The molecule has 0 unspecified atom stereocenters. The van der Waals surface area contributed by atoms with Gasteiger partial charge in [0.05, 0.1) is 23.4 Å². The number of aromatic nitrogens is 1. The highest BCUT2D eigenvalue weighted by Gasteiger charge is 2.34. The Bertz CT molecular complexity index is 1760. The third-order valence-electron chi connectivity index (χ3n) is 6.32. The fraction of sp³-hybridized carbons (Fsp3) is 0.138. The van der Waals surface area contributed by atoms with Crippen LogP contribution in [0.25, 0.3) is 33.4 Å². The number of alkyl halides is 3. The number of hydrogen-bond donors (Lipinski definition) is 1. The van der Waals surface area contributed by atoms with Crippen LogP contribution in [0.4, 0.5) is 27.6 Å². The van der Waals surface area contributed by atoms with E-state index in [-0.39, 0.29) is 45.2 Å². The fourth-order valence-electron chi connectivity index (χ4n) is 4.48. The molecule has 5 rings (SSSR count). The van der Waals surface area contributed by atoms with Gasteiger partial charge < -0.3 is 9.73 Å². The average molecular weight is 559 g/mol. The van der Waals surface area contributed by atoms with E-state index in [0.29, 0.717) is 23.6 Å². The Kier molecular flexibility index (Phi) is 6.94. The topological polar surface area (TPSA) is 47.2 Å². The number of nitrogens with zero attached hydrogens (tertiary/aromatic N) is 1. The second-order valence-electron chi connectivity index (χ2n) is 8.82. The summed E-state index contributed by atoms with van der Waals surface area (Å²) in [6.45, 7) is 1.71. The first kappa shape index (κ1) is 26.5. The Hall–Kier alpha value is -4.11. The van der Waals surface area contributed by atoms with E-state index in [0.717, 1.165) is 12.1 Å². The molecule has 0 amide bonds. The molecule has 5 aromatic rings. The van der Waals surface area contributed by atoms with E-state index in [1.807, 2.05) is 0 Å². The van der Waals surface area contributed by atoms with Crippen LogP contribution in [0.2, 0.25) is 5.02 Å². The second-order valence-corrected chi connectivity index (χ2v) is 9.20. The number of rotatable bonds is 6. The van der Waals surface area contributed by atoms with E-state index in [2.05, 4.69) is 5.32 Å². The summed E-state index contributed by atoms with van der Waals surface area (Å²) in [7, 11) is 0. The van der Waals surface area contributed by atoms with Gasteiger partial charge in [0.1, 0.15) is 17.3 Å². The largest absolute Gasteiger partial charge is 0.462 e. The summed E-state index contributed by atoms with van der Waals surface area (Å²) in [6, 6.07) is 14.9. The zero-order valence-electron chi connectivity index (χ0n) is 20.4. The van der Waals surface area contributed by atoms with Gasteiger partial charge in [-0.2, -0.15) is 13.2 Å². The molecular weight excluding hydrogens is 539 g/mol. The molecule has 4 nitrogen and oxygen atoms in total. The van der Waals surface area contributed by atoms with Crippen molar-refractivity contribution in [2.45, 2.75) is 19.6 Å². The van der Waals surface area contributed by atoms with E-state index in [1.165, 1.54) is 35.1 Å². The summed E-state index contributed by atoms with van der Waals surface area (Å²) in [5, 5.41) is 3.53. The monoisotopic (exact) mass is 558 g/mol. The maximum absolute atomic E-state index is 14.6. The molecule has 0 bridgehead atoms. The zero-order valence-corrected chi connectivity index (χ0v) is 21.1. The van der Waals surface area contributed by atoms with Crippen molar-refractivity contribution < 1.29 is 26.4 Å². The van der Waals surface area contributed by atoms with Gasteiger partial charge >= 0.3 is 6.18 Å². The van der Waals surface area contributed by atoms with Crippen molar-refractivity contribution in [3.63, 3.8) is 0 Å². The lowest BCUT2D eigenvalue weighted by Crippen LogP contribution is -2.23. The minimum Gasteiger partial charge on any atom is -0.462 e. The van der Waals surface area contributed by atoms with Crippen LogP contribution in [-0.4, -0.2) is 11.1 Å². The molecule has 0 saturated heterocycles. The lowest BCUT2D eigenvalue weighted by molar-refractivity contribution is -0.136. The van der Waals surface area contributed by atoms with Gasteiger partial charge in [0, 0.05) is 40.2 Å². The van der Waals surface area contributed by atoms with Crippen molar-refractivity contribution in [1.29, 1.82) is 0 Å². The number of fused-ring (bicyclic) bond motifs is 1. The first-order chi connectivity index (χ1) is 18.6. The minimum atomic E-state index is -4.60. The molecule has 0 aliphatic heterocycles. The molecule has 3 aromatic carbocycles. The van der Waals surface area contributed by atoms with E-state index < -0.39 is 28.9 Å². The summed E-state index contributed by atoms with van der Waals surface area (Å²) < 4.78 is 76.2. The number of benzene rings is 3. The summed E-state index contributed by atoms with van der Waals surface area (Å²) in [5.41, 5.74) is -0.699. The Balaban J connectivity index is 1.68. The lowest BCUT2D eigenvalue weighted by Gasteiger charge is -2.16. The van der Waals surface area contributed by atoms with Crippen molar-refractivity contribution >= 4 is 28.1 Å². The van der Waals surface area contributed by atoms with Crippen LogP contribution in [0.5, 0.6) is 0 Å². The summed E-state index contributed by atoms with van der Waals surface area (Å²) >= 11 is 6.75. The predicted molar refractivity (Wildman–Crippen MR) is 141 cm³/mol. The third-order valence-corrected chi connectivity index (χ3v) is 6.70. The highest BCUT2D eigenvalue weighted by Crippen LogP contribution is 2.40. The van der Waals surface area contributed by atoms with Crippen LogP contribution in [0.15, 0.2) is 82.2 Å². The summed E-state index contributed by atoms with van der Waals surface area (Å²) in [5.74, 6) is -1.53. The summed E-state index contributed by atoms with van der Waals surface area (Å²) in [4.78, 5) is 13.5. The molecule has 0 spiro atoms. The van der Waals surface area contributed by atoms with Gasteiger partial charge in [-0.05, 0) is 42.8 Å². The van der Waals surface area contributed by atoms with Crippen LogP contribution < -0.4 is 10.9 Å². The molecule has 2 heterocycles. The van der Waals surface area contributed by atoms with Gasteiger partial charge in [-0.25, -0.2) is 8.78 Å². The van der Waals surface area contributed by atoms with E-state index in [1.54, 1.807) is 31.2 Å². The molecule has 200 valence electrons. The second kappa shape index (κ2) is 10.2. The van der Waals surface area contributed by atoms with Crippen LogP contribution in [0, 0.1) is 11.6 Å². The molecule has 0 fully saturated rings. The maximum Gasteiger partial charge on any atom is 0.418 e. The Morgan fingerprint density at radius 3 is 2.38 bits per heavy atom. The van der Waals surface area contributed by atoms with E-state index in [4.69, 9.17) is 16.0 Å². The SMILES string of the molecule is CCNc1ccc(-c2coc(-c3c(Cl)c4ccccc4c(=O)n3Cc3ccc(F)cc3F)c2)cc1C(F)(F)F. The highest BCUT2D eigenvalue weighted by molar-refractivity contribution is 6.37. The lowest BCUT2D eigenvalue weighted by atomic mass is 10.0. The number of pyridine rings is 1. The molecule has 0 aliphatic carbocycles. The van der Waals surface area contributed by atoms with E-state index >= 15 is 0 Å². The number of furan rings is 1. The van der Waals surface area contributed by atoms with Crippen LogP contribution in [0.3, 0.4) is 0 Å². The van der Waals surface area contributed by atoms with E-state index in [9.17, 15) is 26.7 Å². The number of nitrogens with one attached hydrogen (secondary N) is 1. The van der Waals surface area contributed by atoms with Crippen molar-refractivity contribution in [3.8, 4) is 22.6 Å². The Morgan fingerprint density at radius 2 is 1.69 bits per heavy atom. The molecule has 39 heavy (non-hydrogen) atoms. The molecule has 2 aromatic heterocycles. The average Bonchev–Trinajstić information content (AvgIpc) is 3.38. The van der Waals surface area contributed by atoms with Gasteiger partial charge in [-0.3, -0.25) is 9.36 Å². The van der Waals surface area contributed by atoms with Crippen LogP contribution in [-0.2, 0) is 12.7 Å². The fourth-order valence-corrected chi connectivity index (χ4v) is 4.84. The quantitative estimate of drug-likeness (QED) is 0.213. The zero-order chi connectivity index (χ0) is 27.9.